The fourth-order valence-electron chi connectivity index (χ4n) is 4.06. The summed E-state index contributed by atoms with van der Waals surface area (Å²) in [5.41, 5.74) is 0.599. The minimum Gasteiger partial charge on any atom is -0.490 e. The zero-order chi connectivity index (χ0) is 13.0. The van der Waals surface area contributed by atoms with Crippen LogP contribution in [-0.2, 0) is 4.74 Å². The Morgan fingerprint density at radius 3 is 2.68 bits per heavy atom. The van der Waals surface area contributed by atoms with Crippen molar-refractivity contribution in [2.75, 3.05) is 19.8 Å². The lowest BCUT2D eigenvalue weighted by Crippen LogP contribution is -2.55. The van der Waals surface area contributed by atoms with Gasteiger partial charge in [-0.3, -0.25) is 0 Å². The molecule has 0 amide bonds. The number of ether oxygens (including phenoxy) is 2. The number of benzene rings is 1. The maximum atomic E-state index is 14.1. The summed E-state index contributed by atoms with van der Waals surface area (Å²) in [5, 5.41) is 0. The zero-order valence-corrected chi connectivity index (χ0v) is 10.6. The maximum Gasteiger partial charge on any atom is 0.165 e. The molecule has 2 fully saturated rings. The molecule has 102 valence electrons. The lowest BCUT2D eigenvalue weighted by molar-refractivity contribution is -0.177. The van der Waals surface area contributed by atoms with Crippen molar-refractivity contribution in [3.63, 3.8) is 0 Å². The summed E-state index contributed by atoms with van der Waals surface area (Å²) in [6, 6.07) is 2.37. The van der Waals surface area contributed by atoms with E-state index in [9.17, 15) is 8.78 Å². The highest BCUT2D eigenvalue weighted by Crippen LogP contribution is 2.56. The predicted molar refractivity (Wildman–Crippen MR) is 65.2 cm³/mol. The molecule has 4 rings (SSSR count). The van der Waals surface area contributed by atoms with Crippen LogP contribution in [0.1, 0.15) is 30.7 Å². The molecular formula is C15H16F2O2. The van der Waals surface area contributed by atoms with Gasteiger partial charge in [-0.15, -0.1) is 0 Å². The molecule has 0 aromatic heterocycles. The summed E-state index contributed by atoms with van der Waals surface area (Å²) in [7, 11) is 0. The monoisotopic (exact) mass is 266 g/mol. The summed E-state index contributed by atoms with van der Waals surface area (Å²) in [6.07, 6.45) is 3.09. The molecule has 1 saturated heterocycles. The summed E-state index contributed by atoms with van der Waals surface area (Å²) < 4.78 is 38.8. The van der Waals surface area contributed by atoms with Crippen LogP contribution in [0.2, 0.25) is 0 Å². The van der Waals surface area contributed by atoms with E-state index in [1.807, 2.05) is 0 Å². The van der Waals surface area contributed by atoms with Crippen LogP contribution < -0.4 is 4.74 Å². The third kappa shape index (κ3) is 1.49. The Labute approximate surface area is 110 Å². The average molecular weight is 266 g/mol. The smallest absolute Gasteiger partial charge is 0.165 e. The second kappa shape index (κ2) is 3.92. The molecule has 2 atom stereocenters. The van der Waals surface area contributed by atoms with Crippen molar-refractivity contribution in [3.05, 3.63) is 29.3 Å². The van der Waals surface area contributed by atoms with Crippen molar-refractivity contribution >= 4 is 0 Å². The van der Waals surface area contributed by atoms with Crippen LogP contribution in [-0.4, -0.2) is 19.8 Å². The van der Waals surface area contributed by atoms with E-state index >= 15 is 0 Å². The molecule has 2 aliphatic heterocycles. The molecule has 0 bridgehead atoms. The first kappa shape index (κ1) is 11.6. The molecule has 1 unspecified atom stereocenters. The van der Waals surface area contributed by atoms with Crippen LogP contribution in [0.15, 0.2) is 12.1 Å². The van der Waals surface area contributed by atoms with E-state index < -0.39 is 5.82 Å². The van der Waals surface area contributed by atoms with Crippen LogP contribution in [0.25, 0.3) is 0 Å². The Kier molecular flexibility index (Phi) is 2.40. The van der Waals surface area contributed by atoms with Gasteiger partial charge in [0.25, 0.3) is 0 Å². The molecule has 1 aromatic rings. The standard InChI is InChI=1S/C15H16F2O2/c16-11-3-4-12(17)14-13(11)9-2-1-5-15(7-18-8-15)10(9)6-19-14/h3-4,9-10H,1-2,5-8H2/t9?,10-/m1/s1. The zero-order valence-electron chi connectivity index (χ0n) is 10.6. The van der Waals surface area contributed by atoms with Crippen molar-refractivity contribution in [2.45, 2.75) is 25.2 Å². The predicted octanol–water partition coefficient (Wildman–Crippen LogP) is 3.26. The maximum absolute atomic E-state index is 14.1. The van der Waals surface area contributed by atoms with Gasteiger partial charge >= 0.3 is 0 Å². The topological polar surface area (TPSA) is 18.5 Å². The lowest BCUT2D eigenvalue weighted by Gasteiger charge is -2.54. The Morgan fingerprint density at radius 2 is 1.95 bits per heavy atom. The third-order valence-electron chi connectivity index (χ3n) is 5.11. The third-order valence-corrected chi connectivity index (χ3v) is 5.11. The first-order valence-electron chi connectivity index (χ1n) is 6.90. The summed E-state index contributed by atoms with van der Waals surface area (Å²) >= 11 is 0. The van der Waals surface area contributed by atoms with Crippen LogP contribution in [0.5, 0.6) is 5.75 Å². The molecule has 19 heavy (non-hydrogen) atoms. The van der Waals surface area contributed by atoms with Gasteiger partial charge in [-0.1, -0.05) is 6.42 Å². The molecule has 1 saturated carbocycles. The second-order valence-corrected chi connectivity index (χ2v) is 6.04. The van der Waals surface area contributed by atoms with Gasteiger partial charge in [0.15, 0.2) is 11.6 Å². The molecular weight excluding hydrogens is 250 g/mol. The quantitative estimate of drug-likeness (QED) is 0.717. The van der Waals surface area contributed by atoms with E-state index in [4.69, 9.17) is 9.47 Å². The molecule has 1 aliphatic carbocycles. The highest BCUT2D eigenvalue weighted by molar-refractivity contribution is 5.42. The number of rotatable bonds is 0. The van der Waals surface area contributed by atoms with Crippen molar-refractivity contribution in [3.8, 4) is 5.75 Å². The summed E-state index contributed by atoms with van der Waals surface area (Å²) in [5.74, 6) is -0.294. The van der Waals surface area contributed by atoms with Gasteiger partial charge < -0.3 is 9.47 Å². The fourth-order valence-corrected chi connectivity index (χ4v) is 4.06. The highest BCUT2D eigenvalue weighted by atomic mass is 19.1. The van der Waals surface area contributed by atoms with Gasteiger partial charge in [0, 0.05) is 16.9 Å². The number of hydrogen-bond acceptors (Lipinski definition) is 2. The number of hydrogen-bond donors (Lipinski definition) is 0. The normalized spacial score (nSPS) is 31.1. The van der Waals surface area contributed by atoms with Gasteiger partial charge in [0.1, 0.15) is 5.82 Å². The molecule has 2 heterocycles. The molecule has 3 aliphatic rings. The summed E-state index contributed by atoms with van der Waals surface area (Å²) in [6.45, 7) is 1.97. The molecule has 0 radical (unpaired) electrons. The van der Waals surface area contributed by atoms with Crippen LogP contribution >= 0.6 is 0 Å². The van der Waals surface area contributed by atoms with E-state index in [0.717, 1.165) is 38.5 Å². The summed E-state index contributed by atoms with van der Waals surface area (Å²) in [4.78, 5) is 0. The number of halogens is 2. The fraction of sp³-hybridized carbons (Fsp3) is 0.600. The van der Waals surface area contributed by atoms with Gasteiger partial charge in [0.2, 0.25) is 0 Å². The second-order valence-electron chi connectivity index (χ2n) is 6.04. The Hall–Kier alpha value is -1.16. The van der Waals surface area contributed by atoms with E-state index in [0.29, 0.717) is 12.2 Å². The molecule has 1 spiro atoms. The first-order chi connectivity index (χ1) is 9.21. The number of fused-ring (bicyclic) bond motifs is 4. The van der Waals surface area contributed by atoms with Crippen LogP contribution in [0, 0.1) is 23.0 Å². The largest absolute Gasteiger partial charge is 0.490 e. The highest BCUT2D eigenvalue weighted by Gasteiger charge is 2.53. The van der Waals surface area contributed by atoms with Crippen LogP contribution in [0.4, 0.5) is 8.78 Å². The minimum absolute atomic E-state index is 0.0806. The minimum atomic E-state index is -0.445. The van der Waals surface area contributed by atoms with Crippen molar-refractivity contribution in [2.24, 2.45) is 11.3 Å². The molecule has 4 heteroatoms. The Morgan fingerprint density at radius 1 is 1.16 bits per heavy atom. The van der Waals surface area contributed by atoms with Gasteiger partial charge in [-0.05, 0) is 30.9 Å². The molecule has 2 nitrogen and oxygen atoms in total. The van der Waals surface area contributed by atoms with Gasteiger partial charge in [-0.25, -0.2) is 8.78 Å². The van der Waals surface area contributed by atoms with Crippen molar-refractivity contribution in [1.82, 2.24) is 0 Å². The Bertz CT molecular complexity index is 525. The first-order valence-corrected chi connectivity index (χ1v) is 6.90. The molecule has 1 aromatic carbocycles. The van der Waals surface area contributed by atoms with E-state index in [-0.39, 0.29) is 28.8 Å². The van der Waals surface area contributed by atoms with Crippen molar-refractivity contribution in [1.29, 1.82) is 0 Å². The van der Waals surface area contributed by atoms with E-state index in [1.165, 1.54) is 6.07 Å². The Balaban J connectivity index is 1.80. The van der Waals surface area contributed by atoms with E-state index in [2.05, 4.69) is 0 Å². The van der Waals surface area contributed by atoms with Crippen molar-refractivity contribution < 1.29 is 18.3 Å². The average Bonchev–Trinajstić information content (AvgIpc) is 2.39. The van der Waals surface area contributed by atoms with Crippen LogP contribution in [0.3, 0.4) is 0 Å². The van der Waals surface area contributed by atoms with Gasteiger partial charge in [-0.2, -0.15) is 0 Å². The lowest BCUT2D eigenvalue weighted by atomic mass is 9.58. The van der Waals surface area contributed by atoms with Gasteiger partial charge in [0.05, 0.1) is 19.8 Å². The SMILES string of the molecule is Fc1ccc(F)c2c1OC[C@@H]1C2CCCC12COC2. The van der Waals surface area contributed by atoms with E-state index in [1.54, 1.807) is 0 Å². The molecule has 0 N–H and O–H groups in total.